The molecule has 0 aromatic heterocycles. The van der Waals surface area contributed by atoms with Crippen molar-refractivity contribution < 1.29 is 14.2 Å². The molecule has 1 fully saturated rings. The summed E-state index contributed by atoms with van der Waals surface area (Å²) in [6.45, 7) is 5.17. The summed E-state index contributed by atoms with van der Waals surface area (Å²) < 4.78 is 17.3. The third-order valence-electron chi connectivity index (χ3n) is 4.53. The normalized spacial score (nSPS) is 16.4. The van der Waals surface area contributed by atoms with E-state index in [4.69, 9.17) is 14.2 Å². The van der Waals surface area contributed by atoms with Gasteiger partial charge < -0.3 is 19.5 Å². The minimum Gasteiger partial charge on any atom is -0.493 e. The van der Waals surface area contributed by atoms with Gasteiger partial charge in [-0.15, -0.1) is 0 Å². The van der Waals surface area contributed by atoms with Crippen LogP contribution < -0.4 is 14.8 Å². The van der Waals surface area contributed by atoms with E-state index in [1.54, 1.807) is 0 Å². The first-order valence-corrected chi connectivity index (χ1v) is 9.64. The van der Waals surface area contributed by atoms with Gasteiger partial charge >= 0.3 is 0 Å². The van der Waals surface area contributed by atoms with Gasteiger partial charge in [-0.05, 0) is 49.6 Å². The molecule has 4 nitrogen and oxygen atoms in total. The molecule has 0 bridgehead atoms. The first-order chi connectivity index (χ1) is 12.8. The first-order valence-electron chi connectivity index (χ1n) is 9.64. The van der Waals surface area contributed by atoms with Crippen molar-refractivity contribution in [3.63, 3.8) is 0 Å². The number of anilines is 1. The lowest BCUT2D eigenvalue weighted by atomic mass is 10.2. The molecular weight excluding hydrogens is 326 g/mol. The summed E-state index contributed by atoms with van der Waals surface area (Å²) in [6, 6.07) is 16.3. The molecule has 1 unspecified atom stereocenters. The average molecular weight is 355 g/mol. The van der Waals surface area contributed by atoms with Gasteiger partial charge in [-0.3, -0.25) is 0 Å². The maximum atomic E-state index is 5.89. The Hall–Kier alpha value is -2.20. The zero-order chi connectivity index (χ0) is 18.0. The molecule has 0 aliphatic carbocycles. The van der Waals surface area contributed by atoms with E-state index in [1.807, 2.05) is 42.5 Å². The molecule has 140 valence electrons. The van der Waals surface area contributed by atoms with Crippen molar-refractivity contribution in [3.05, 3.63) is 54.1 Å². The van der Waals surface area contributed by atoms with Crippen LogP contribution in [0.2, 0.25) is 0 Å². The molecule has 0 saturated carbocycles. The van der Waals surface area contributed by atoms with Crippen molar-refractivity contribution >= 4 is 5.69 Å². The van der Waals surface area contributed by atoms with Crippen LogP contribution in [0.25, 0.3) is 0 Å². The fourth-order valence-corrected chi connectivity index (χ4v) is 2.95. The van der Waals surface area contributed by atoms with Gasteiger partial charge in [-0.2, -0.15) is 0 Å². The van der Waals surface area contributed by atoms with Gasteiger partial charge in [0.2, 0.25) is 0 Å². The maximum Gasteiger partial charge on any atom is 0.124 e. The van der Waals surface area contributed by atoms with E-state index in [2.05, 4.69) is 18.3 Å². The quantitative estimate of drug-likeness (QED) is 0.606. The van der Waals surface area contributed by atoms with Crippen LogP contribution >= 0.6 is 0 Å². The summed E-state index contributed by atoms with van der Waals surface area (Å²) in [6.07, 6.45) is 4.70. The van der Waals surface area contributed by atoms with Gasteiger partial charge in [0.05, 0.1) is 12.7 Å². The summed E-state index contributed by atoms with van der Waals surface area (Å²) in [5.74, 6) is 1.85. The highest BCUT2D eigenvalue weighted by atomic mass is 16.5. The lowest BCUT2D eigenvalue weighted by Crippen LogP contribution is -2.16. The van der Waals surface area contributed by atoms with Crippen molar-refractivity contribution in [2.75, 3.05) is 25.1 Å². The number of nitrogens with one attached hydrogen (secondary N) is 1. The number of rotatable bonds is 10. The third-order valence-corrected chi connectivity index (χ3v) is 4.53. The molecular formula is C22H29NO3. The van der Waals surface area contributed by atoms with Crippen LogP contribution in [0.5, 0.6) is 11.5 Å². The molecule has 1 heterocycles. The number of hydrogen-bond acceptors (Lipinski definition) is 4. The highest BCUT2D eigenvalue weighted by Crippen LogP contribution is 2.22. The summed E-state index contributed by atoms with van der Waals surface area (Å²) >= 11 is 0. The molecule has 0 radical (unpaired) electrons. The van der Waals surface area contributed by atoms with Crippen molar-refractivity contribution in [2.24, 2.45) is 0 Å². The Bertz CT molecular complexity index is 651. The fraction of sp³-hybridized carbons (Fsp3) is 0.455. The Morgan fingerprint density at radius 3 is 2.69 bits per heavy atom. The molecule has 1 saturated heterocycles. The van der Waals surface area contributed by atoms with Crippen molar-refractivity contribution in [2.45, 2.75) is 45.3 Å². The van der Waals surface area contributed by atoms with Crippen LogP contribution in [0.15, 0.2) is 48.5 Å². The number of para-hydroxylation sites is 1. The SMILES string of the molecule is CCCCOc1ccccc1CNc1ccc(OCC2CCCO2)cc1. The van der Waals surface area contributed by atoms with Crippen molar-refractivity contribution in [1.82, 2.24) is 0 Å². The van der Waals surface area contributed by atoms with Crippen LogP contribution in [-0.4, -0.2) is 25.9 Å². The number of hydrogen-bond donors (Lipinski definition) is 1. The van der Waals surface area contributed by atoms with Gasteiger partial charge in [0.1, 0.15) is 18.1 Å². The van der Waals surface area contributed by atoms with E-state index < -0.39 is 0 Å². The summed E-state index contributed by atoms with van der Waals surface area (Å²) in [7, 11) is 0. The Morgan fingerprint density at radius 2 is 1.92 bits per heavy atom. The monoisotopic (exact) mass is 355 g/mol. The number of benzene rings is 2. The number of unbranched alkanes of at least 4 members (excludes halogenated alkanes) is 1. The summed E-state index contributed by atoms with van der Waals surface area (Å²) in [5.41, 5.74) is 2.24. The predicted molar refractivity (Wildman–Crippen MR) is 105 cm³/mol. The molecule has 2 aromatic carbocycles. The lowest BCUT2D eigenvalue weighted by Gasteiger charge is -2.14. The fourth-order valence-electron chi connectivity index (χ4n) is 2.95. The van der Waals surface area contributed by atoms with Crippen molar-refractivity contribution in [3.8, 4) is 11.5 Å². The van der Waals surface area contributed by atoms with E-state index in [9.17, 15) is 0 Å². The second kappa shape index (κ2) is 10.1. The van der Waals surface area contributed by atoms with E-state index in [0.29, 0.717) is 6.61 Å². The zero-order valence-corrected chi connectivity index (χ0v) is 15.6. The van der Waals surface area contributed by atoms with Crippen LogP contribution in [0.4, 0.5) is 5.69 Å². The molecule has 0 amide bonds. The highest BCUT2D eigenvalue weighted by molar-refractivity contribution is 5.48. The van der Waals surface area contributed by atoms with E-state index in [0.717, 1.165) is 62.6 Å². The van der Waals surface area contributed by atoms with Crippen LogP contribution in [0.1, 0.15) is 38.2 Å². The standard InChI is InChI=1S/C22H29NO3/c1-2-3-14-25-22-9-5-4-7-18(22)16-23-19-10-12-20(13-11-19)26-17-21-8-6-15-24-21/h4-5,7,9-13,21,23H,2-3,6,8,14-17H2,1H3. The molecule has 3 rings (SSSR count). The molecule has 1 atom stereocenters. The molecule has 4 heteroatoms. The van der Waals surface area contributed by atoms with Gasteiger partial charge in [0.25, 0.3) is 0 Å². The minimum atomic E-state index is 0.247. The minimum absolute atomic E-state index is 0.247. The van der Waals surface area contributed by atoms with Gasteiger partial charge in [0.15, 0.2) is 0 Å². The van der Waals surface area contributed by atoms with Crippen molar-refractivity contribution in [1.29, 1.82) is 0 Å². The van der Waals surface area contributed by atoms with Crippen LogP contribution in [0, 0.1) is 0 Å². The molecule has 1 N–H and O–H groups in total. The largest absolute Gasteiger partial charge is 0.493 e. The Labute approximate surface area is 156 Å². The Kier molecular flexibility index (Phi) is 7.20. The smallest absolute Gasteiger partial charge is 0.124 e. The second-order valence-corrected chi connectivity index (χ2v) is 6.63. The van der Waals surface area contributed by atoms with Crippen LogP contribution in [0.3, 0.4) is 0 Å². The predicted octanol–water partition coefficient (Wildman–Crippen LogP) is 5.04. The van der Waals surface area contributed by atoms with E-state index >= 15 is 0 Å². The Morgan fingerprint density at radius 1 is 1.08 bits per heavy atom. The summed E-state index contributed by atoms with van der Waals surface area (Å²) in [4.78, 5) is 0. The average Bonchev–Trinajstić information content (AvgIpc) is 3.20. The molecule has 26 heavy (non-hydrogen) atoms. The molecule has 1 aliphatic heterocycles. The maximum absolute atomic E-state index is 5.89. The Balaban J connectivity index is 1.48. The van der Waals surface area contributed by atoms with E-state index in [-0.39, 0.29) is 6.10 Å². The highest BCUT2D eigenvalue weighted by Gasteiger charge is 2.15. The zero-order valence-electron chi connectivity index (χ0n) is 15.6. The van der Waals surface area contributed by atoms with Gasteiger partial charge in [-0.1, -0.05) is 31.5 Å². The number of ether oxygens (including phenoxy) is 3. The third kappa shape index (κ3) is 5.67. The second-order valence-electron chi connectivity index (χ2n) is 6.63. The molecule has 2 aromatic rings. The van der Waals surface area contributed by atoms with E-state index in [1.165, 1.54) is 5.56 Å². The molecule has 1 aliphatic rings. The summed E-state index contributed by atoms with van der Waals surface area (Å²) in [5, 5.41) is 3.46. The first kappa shape index (κ1) is 18.6. The van der Waals surface area contributed by atoms with Gasteiger partial charge in [-0.25, -0.2) is 0 Å². The topological polar surface area (TPSA) is 39.7 Å². The lowest BCUT2D eigenvalue weighted by molar-refractivity contribution is 0.0679. The van der Waals surface area contributed by atoms with Gasteiger partial charge in [0, 0.05) is 24.4 Å². The van der Waals surface area contributed by atoms with Crippen LogP contribution in [-0.2, 0) is 11.3 Å². The molecule has 0 spiro atoms.